The summed E-state index contributed by atoms with van der Waals surface area (Å²) < 4.78 is 32.4. The minimum Gasteiger partial charge on any atom is -0.481 e. The Labute approximate surface area is 262 Å². The maximum atomic E-state index is 12.8. The highest BCUT2D eigenvalue weighted by Crippen LogP contribution is 2.21. The summed E-state index contributed by atoms with van der Waals surface area (Å²) in [4.78, 5) is 52.3. The first-order valence-corrected chi connectivity index (χ1v) is 14.8. The van der Waals surface area contributed by atoms with Crippen LogP contribution in [0.1, 0.15) is 35.1 Å². The number of hydrogen-bond donors (Lipinski definition) is 6. The van der Waals surface area contributed by atoms with Crippen molar-refractivity contribution < 1.29 is 37.4 Å². The normalized spacial score (nSPS) is 13.5. The van der Waals surface area contributed by atoms with Crippen molar-refractivity contribution in [3.05, 3.63) is 64.7 Å². The van der Waals surface area contributed by atoms with Crippen LogP contribution < -0.4 is 27.2 Å². The molecule has 1 amide bonds. The number of ether oxygens (including phenoxy) is 1. The van der Waals surface area contributed by atoms with Crippen molar-refractivity contribution in [1.82, 2.24) is 10.0 Å². The van der Waals surface area contributed by atoms with Crippen molar-refractivity contribution in [2.24, 2.45) is 28.1 Å². The first kappa shape index (κ1) is 38.0. The monoisotopic (exact) mass is 654 g/mol. The summed E-state index contributed by atoms with van der Waals surface area (Å²) >= 11 is 0. The van der Waals surface area contributed by atoms with Gasteiger partial charge in [0.15, 0.2) is 0 Å². The lowest BCUT2D eigenvalue weighted by Gasteiger charge is -2.18. The zero-order valence-corrected chi connectivity index (χ0v) is 26.2. The second-order valence-corrected chi connectivity index (χ2v) is 11.6. The Hall–Kier alpha value is -4.05. The Morgan fingerprint density at radius 2 is 1.61 bits per heavy atom. The summed E-state index contributed by atoms with van der Waals surface area (Å²) in [5.41, 5.74) is 20.0. The molecule has 242 valence electrons. The minimum atomic E-state index is -3.96. The van der Waals surface area contributed by atoms with Crippen LogP contribution >= 0.6 is 12.4 Å². The van der Waals surface area contributed by atoms with E-state index in [-0.39, 0.29) is 49.1 Å². The van der Waals surface area contributed by atoms with Crippen LogP contribution in [0.15, 0.2) is 52.4 Å². The molecule has 3 atom stereocenters. The van der Waals surface area contributed by atoms with E-state index < -0.39 is 58.4 Å². The van der Waals surface area contributed by atoms with Crippen molar-refractivity contribution >= 4 is 52.2 Å². The second-order valence-electron chi connectivity index (χ2n) is 10.0. The summed E-state index contributed by atoms with van der Waals surface area (Å²) in [5, 5.41) is 11.7. The summed E-state index contributed by atoms with van der Waals surface area (Å²) in [7, 11) is -3.96. The quantitative estimate of drug-likeness (QED) is 0.0527. The molecule has 0 spiro atoms. The van der Waals surface area contributed by atoms with E-state index in [9.17, 15) is 32.7 Å². The van der Waals surface area contributed by atoms with Gasteiger partial charge in [0.1, 0.15) is 12.6 Å². The van der Waals surface area contributed by atoms with Gasteiger partial charge in [0.05, 0.1) is 16.9 Å². The molecule has 0 saturated carbocycles. The lowest BCUT2D eigenvalue weighted by molar-refractivity contribution is -0.163. The standard InChI is InChI=1S/C28H38N6O8S.ClH/c1-16-12-17(2)24(18(3)13-16)43(40,41)34-28(31)32-11-7-10-21(29)25(36)33-15-22(35)42-27(39)23(30)20(26(37)38)14-19-8-5-4-6-9-19;/h4-6,8-9,12-13,20-21,23H,7,10-11,14-15,29-30H2,1-3H3,(H,33,36)(H,37,38)(H3,31,32,34);1H/t20?,21-,23-;/m0./s1. The number of carbonyl (C=O) groups excluding carboxylic acids is 3. The fraction of sp³-hybridized carbons (Fsp3) is 0.393. The molecule has 0 fully saturated rings. The van der Waals surface area contributed by atoms with E-state index in [2.05, 4.69) is 19.8 Å². The van der Waals surface area contributed by atoms with Crippen molar-refractivity contribution in [2.45, 2.75) is 57.0 Å². The van der Waals surface area contributed by atoms with Crippen molar-refractivity contribution in [1.29, 1.82) is 0 Å². The SMILES string of the molecule is Cc1cc(C)c(S(=O)(=O)NC(N)=NCCC[C@H](N)C(=O)NCC(=O)OC(=O)[C@@H](N)C(Cc2ccccc2)C(=O)O)c(C)c1.Cl. The maximum absolute atomic E-state index is 12.8. The summed E-state index contributed by atoms with van der Waals surface area (Å²) in [6.45, 7) is 4.58. The van der Waals surface area contributed by atoms with E-state index in [0.717, 1.165) is 5.56 Å². The smallest absolute Gasteiger partial charge is 0.333 e. The number of hydrogen-bond acceptors (Lipinski definition) is 10. The highest BCUT2D eigenvalue weighted by atomic mass is 35.5. The van der Waals surface area contributed by atoms with E-state index in [1.165, 1.54) is 0 Å². The Kier molecular flexibility index (Phi) is 14.9. The second kappa shape index (κ2) is 17.3. The molecule has 2 aromatic rings. The van der Waals surface area contributed by atoms with E-state index in [1.807, 2.05) is 6.92 Å². The molecule has 0 heterocycles. The Bertz CT molecular complexity index is 1450. The first-order chi connectivity index (χ1) is 20.1. The predicted molar refractivity (Wildman–Crippen MR) is 165 cm³/mol. The van der Waals surface area contributed by atoms with E-state index in [1.54, 1.807) is 56.3 Å². The van der Waals surface area contributed by atoms with Gasteiger partial charge in [0, 0.05) is 6.54 Å². The number of nitrogens with two attached hydrogens (primary N) is 3. The predicted octanol–water partition coefficient (Wildman–Crippen LogP) is 0.191. The number of aliphatic carboxylic acids is 1. The van der Waals surface area contributed by atoms with Crippen LogP contribution in [0.25, 0.3) is 0 Å². The first-order valence-electron chi connectivity index (χ1n) is 13.3. The number of carbonyl (C=O) groups is 4. The maximum Gasteiger partial charge on any atom is 0.333 e. The number of aryl methyl sites for hydroxylation is 3. The van der Waals surface area contributed by atoms with Crippen LogP contribution in [0, 0.1) is 26.7 Å². The lowest BCUT2D eigenvalue weighted by Crippen LogP contribution is -2.47. The summed E-state index contributed by atoms with van der Waals surface area (Å²) in [5.74, 6) is -6.10. The molecule has 0 aliphatic heterocycles. The molecule has 16 heteroatoms. The van der Waals surface area contributed by atoms with Gasteiger partial charge in [0.2, 0.25) is 11.9 Å². The lowest BCUT2D eigenvalue weighted by atomic mass is 9.92. The van der Waals surface area contributed by atoms with Crippen molar-refractivity contribution in [2.75, 3.05) is 13.1 Å². The van der Waals surface area contributed by atoms with Crippen LogP contribution in [0.5, 0.6) is 0 Å². The highest BCUT2D eigenvalue weighted by molar-refractivity contribution is 7.90. The number of aliphatic imine (C=N–C) groups is 1. The molecular formula is C28H39ClN6O8S. The van der Waals surface area contributed by atoms with Crippen LogP contribution in [-0.4, -0.2) is 68.5 Å². The molecule has 14 nitrogen and oxygen atoms in total. The van der Waals surface area contributed by atoms with Gasteiger partial charge >= 0.3 is 17.9 Å². The van der Waals surface area contributed by atoms with Crippen LogP contribution in [0.4, 0.5) is 0 Å². The molecule has 0 aliphatic carbocycles. The fourth-order valence-corrected chi connectivity index (χ4v) is 5.77. The number of rotatable bonds is 14. The summed E-state index contributed by atoms with van der Waals surface area (Å²) in [6.07, 6.45) is 0.319. The number of halogens is 1. The molecule has 0 saturated heterocycles. The zero-order chi connectivity index (χ0) is 32.3. The van der Waals surface area contributed by atoms with Gasteiger partial charge in [0.25, 0.3) is 10.0 Å². The van der Waals surface area contributed by atoms with Crippen LogP contribution in [0.3, 0.4) is 0 Å². The minimum absolute atomic E-state index is 0. The number of benzene rings is 2. The summed E-state index contributed by atoms with van der Waals surface area (Å²) in [6, 6.07) is 9.32. The molecular weight excluding hydrogens is 616 g/mol. The van der Waals surface area contributed by atoms with Crippen molar-refractivity contribution in [3.8, 4) is 0 Å². The van der Waals surface area contributed by atoms with E-state index in [0.29, 0.717) is 16.7 Å². The number of nitrogens with zero attached hydrogens (tertiary/aromatic N) is 1. The van der Waals surface area contributed by atoms with Gasteiger partial charge in [-0.1, -0.05) is 48.0 Å². The fourth-order valence-electron chi connectivity index (χ4n) is 4.36. The average molecular weight is 655 g/mol. The van der Waals surface area contributed by atoms with Gasteiger partial charge < -0.3 is 32.4 Å². The van der Waals surface area contributed by atoms with Gasteiger partial charge in [-0.25, -0.2) is 22.7 Å². The number of carboxylic acid groups (broad SMARTS) is 1. The molecule has 0 aliphatic rings. The topological polar surface area (TPSA) is 246 Å². The highest BCUT2D eigenvalue weighted by Gasteiger charge is 2.33. The molecule has 44 heavy (non-hydrogen) atoms. The molecule has 0 bridgehead atoms. The number of carboxylic acids is 1. The number of esters is 2. The largest absolute Gasteiger partial charge is 0.481 e. The molecule has 1 unspecified atom stereocenters. The number of amides is 1. The van der Waals surface area contributed by atoms with E-state index in [4.69, 9.17) is 17.2 Å². The Balaban J connectivity index is 0.00000968. The van der Waals surface area contributed by atoms with Gasteiger partial charge in [-0.3, -0.25) is 14.6 Å². The van der Waals surface area contributed by atoms with Gasteiger partial charge in [-0.05, 0) is 56.7 Å². The molecule has 2 aromatic carbocycles. The Morgan fingerprint density at radius 1 is 1.02 bits per heavy atom. The van der Waals surface area contributed by atoms with Crippen LogP contribution in [-0.2, 0) is 40.4 Å². The molecule has 0 aromatic heterocycles. The third-order valence-corrected chi connectivity index (χ3v) is 8.01. The number of sulfonamides is 1. The number of nitrogens with one attached hydrogen (secondary N) is 2. The van der Waals surface area contributed by atoms with Gasteiger partial charge in [-0.2, -0.15) is 0 Å². The Morgan fingerprint density at radius 3 is 2.18 bits per heavy atom. The van der Waals surface area contributed by atoms with Crippen molar-refractivity contribution in [3.63, 3.8) is 0 Å². The third kappa shape index (κ3) is 11.6. The van der Waals surface area contributed by atoms with Crippen LogP contribution in [0.2, 0.25) is 0 Å². The third-order valence-electron chi connectivity index (χ3n) is 6.35. The molecule has 9 N–H and O–H groups in total. The molecule has 0 radical (unpaired) electrons. The zero-order valence-electron chi connectivity index (χ0n) is 24.6. The number of guanidine groups is 1. The van der Waals surface area contributed by atoms with E-state index >= 15 is 0 Å². The average Bonchev–Trinajstić information content (AvgIpc) is 2.91. The van der Waals surface area contributed by atoms with Gasteiger partial charge in [-0.15, -0.1) is 12.4 Å². The molecule has 2 rings (SSSR count).